The van der Waals surface area contributed by atoms with Crippen LogP contribution >= 0.6 is 11.6 Å². The zero-order chi connectivity index (χ0) is 13.8. The smallest absolute Gasteiger partial charge is 0.339 e. The third-order valence-corrected chi connectivity index (χ3v) is 3.60. The summed E-state index contributed by atoms with van der Waals surface area (Å²) in [6, 6.07) is 2.69. The van der Waals surface area contributed by atoms with E-state index in [9.17, 15) is 9.90 Å². The highest BCUT2D eigenvalue weighted by atomic mass is 35.5. The number of nitrogens with zero attached hydrogens (tertiary/aromatic N) is 1. The zero-order valence-electron chi connectivity index (χ0n) is 10.5. The zero-order valence-corrected chi connectivity index (χ0v) is 11.2. The largest absolute Gasteiger partial charge is 0.478 e. The molecule has 1 heterocycles. The third-order valence-electron chi connectivity index (χ3n) is 3.39. The molecule has 0 aliphatic heterocycles. The summed E-state index contributed by atoms with van der Waals surface area (Å²) in [6.07, 6.45) is 4.13. The number of pyridine rings is 1. The molecule has 104 valence electrons. The molecule has 0 saturated heterocycles. The van der Waals surface area contributed by atoms with Crippen molar-refractivity contribution in [1.29, 1.82) is 0 Å². The van der Waals surface area contributed by atoms with Crippen molar-refractivity contribution in [3.05, 3.63) is 22.8 Å². The van der Waals surface area contributed by atoms with Crippen LogP contribution in [0, 0.1) is 0 Å². The summed E-state index contributed by atoms with van der Waals surface area (Å²) in [4.78, 5) is 15.2. The van der Waals surface area contributed by atoms with E-state index in [-0.39, 0.29) is 22.6 Å². The van der Waals surface area contributed by atoms with Gasteiger partial charge in [-0.3, -0.25) is 0 Å². The van der Waals surface area contributed by atoms with Gasteiger partial charge in [0.1, 0.15) is 16.5 Å². The summed E-state index contributed by atoms with van der Waals surface area (Å²) in [6.45, 7) is 0. The van der Waals surface area contributed by atoms with Crippen LogP contribution in [0.4, 0.5) is 5.82 Å². The van der Waals surface area contributed by atoms with Crippen LogP contribution in [0.1, 0.15) is 42.5 Å². The molecule has 1 fully saturated rings. The molecule has 1 aromatic heterocycles. The van der Waals surface area contributed by atoms with Gasteiger partial charge in [-0.1, -0.05) is 30.9 Å². The van der Waals surface area contributed by atoms with E-state index in [1.54, 1.807) is 0 Å². The molecule has 6 heteroatoms. The molecule has 2 rings (SSSR count). The van der Waals surface area contributed by atoms with Gasteiger partial charge in [0.2, 0.25) is 0 Å². The summed E-state index contributed by atoms with van der Waals surface area (Å²) < 4.78 is 0. The number of rotatable bonds is 3. The molecule has 3 N–H and O–H groups in total. The second kappa shape index (κ2) is 6.21. The normalized spacial score (nSPS) is 23.7. The summed E-state index contributed by atoms with van der Waals surface area (Å²) in [7, 11) is 0. The lowest BCUT2D eigenvalue weighted by atomic mass is 10.1. The predicted octanol–water partition coefficient (Wildman–Crippen LogP) is 2.54. The quantitative estimate of drug-likeness (QED) is 0.587. The van der Waals surface area contributed by atoms with Gasteiger partial charge in [-0.15, -0.1) is 0 Å². The van der Waals surface area contributed by atoms with E-state index in [0.717, 1.165) is 32.1 Å². The van der Waals surface area contributed by atoms with Gasteiger partial charge >= 0.3 is 5.97 Å². The van der Waals surface area contributed by atoms with Gasteiger partial charge in [-0.2, -0.15) is 0 Å². The number of nitrogens with one attached hydrogen (secondary N) is 1. The maximum absolute atomic E-state index is 11.1. The van der Waals surface area contributed by atoms with Crippen molar-refractivity contribution in [3.8, 4) is 0 Å². The van der Waals surface area contributed by atoms with Gasteiger partial charge in [0.25, 0.3) is 0 Å². The summed E-state index contributed by atoms with van der Waals surface area (Å²) in [5.41, 5.74) is 0.0702. The van der Waals surface area contributed by atoms with Gasteiger partial charge in [0, 0.05) is 0 Å². The first-order valence-electron chi connectivity index (χ1n) is 6.42. The van der Waals surface area contributed by atoms with Crippen molar-refractivity contribution in [2.45, 2.75) is 44.2 Å². The fraction of sp³-hybridized carbons (Fsp3) is 0.538. The summed E-state index contributed by atoms with van der Waals surface area (Å²) >= 11 is 5.80. The first-order valence-corrected chi connectivity index (χ1v) is 6.80. The van der Waals surface area contributed by atoms with Crippen LogP contribution in [0.5, 0.6) is 0 Å². The van der Waals surface area contributed by atoms with Crippen molar-refractivity contribution < 1.29 is 15.0 Å². The van der Waals surface area contributed by atoms with Crippen LogP contribution in [0.25, 0.3) is 0 Å². The van der Waals surface area contributed by atoms with Crippen molar-refractivity contribution in [2.75, 3.05) is 5.32 Å². The SMILES string of the molecule is O=C(O)c1ccc(Cl)nc1NC1CCCCCC1O. The number of aromatic nitrogens is 1. The number of aliphatic hydroxyl groups is 1. The van der Waals surface area contributed by atoms with Gasteiger partial charge < -0.3 is 15.5 Å². The minimum atomic E-state index is -1.06. The van der Waals surface area contributed by atoms with E-state index < -0.39 is 12.1 Å². The van der Waals surface area contributed by atoms with E-state index >= 15 is 0 Å². The average molecular weight is 285 g/mol. The third kappa shape index (κ3) is 3.58. The number of hydrogen-bond donors (Lipinski definition) is 3. The van der Waals surface area contributed by atoms with E-state index in [1.165, 1.54) is 12.1 Å². The second-order valence-electron chi connectivity index (χ2n) is 4.79. The molecule has 0 amide bonds. The molecule has 1 aliphatic carbocycles. The average Bonchev–Trinajstić information content (AvgIpc) is 2.55. The number of carbonyl (C=O) groups is 1. The minimum absolute atomic E-state index is 0.0702. The Morgan fingerprint density at radius 1 is 1.32 bits per heavy atom. The van der Waals surface area contributed by atoms with Crippen LogP contribution in [-0.2, 0) is 0 Å². The molecular formula is C13H17ClN2O3. The lowest BCUT2D eigenvalue weighted by Crippen LogP contribution is -2.33. The van der Waals surface area contributed by atoms with Gasteiger partial charge in [0.05, 0.1) is 12.1 Å². The molecule has 2 unspecified atom stereocenters. The standard InChI is InChI=1S/C13H17ClN2O3/c14-11-7-6-8(13(18)19)12(16-11)15-9-4-2-1-3-5-10(9)17/h6-7,9-10,17H,1-5H2,(H,15,16)(H,18,19). The lowest BCUT2D eigenvalue weighted by molar-refractivity contribution is 0.0697. The molecule has 0 bridgehead atoms. The highest BCUT2D eigenvalue weighted by Gasteiger charge is 2.23. The van der Waals surface area contributed by atoms with E-state index in [4.69, 9.17) is 16.7 Å². The molecule has 0 radical (unpaired) electrons. The number of anilines is 1. The summed E-state index contributed by atoms with van der Waals surface area (Å²) in [5.74, 6) is -0.833. The number of aliphatic hydroxyl groups excluding tert-OH is 1. The predicted molar refractivity (Wildman–Crippen MR) is 72.7 cm³/mol. The molecule has 1 aliphatic rings. The van der Waals surface area contributed by atoms with Gasteiger partial charge in [0.15, 0.2) is 0 Å². The Balaban J connectivity index is 2.21. The van der Waals surface area contributed by atoms with Crippen LogP contribution in [0.3, 0.4) is 0 Å². The minimum Gasteiger partial charge on any atom is -0.478 e. The van der Waals surface area contributed by atoms with Crippen molar-refractivity contribution in [2.24, 2.45) is 0 Å². The summed E-state index contributed by atoms with van der Waals surface area (Å²) in [5, 5.41) is 22.4. The lowest BCUT2D eigenvalue weighted by Gasteiger charge is -2.23. The second-order valence-corrected chi connectivity index (χ2v) is 5.18. The van der Waals surface area contributed by atoms with Gasteiger partial charge in [-0.05, 0) is 25.0 Å². The topological polar surface area (TPSA) is 82.5 Å². The molecule has 2 atom stereocenters. The van der Waals surface area contributed by atoms with E-state index in [1.807, 2.05) is 0 Å². The van der Waals surface area contributed by atoms with Crippen molar-refractivity contribution in [3.63, 3.8) is 0 Å². The molecule has 19 heavy (non-hydrogen) atoms. The van der Waals surface area contributed by atoms with E-state index in [2.05, 4.69) is 10.3 Å². The highest BCUT2D eigenvalue weighted by molar-refractivity contribution is 6.29. The van der Waals surface area contributed by atoms with Gasteiger partial charge in [-0.25, -0.2) is 9.78 Å². The number of carboxylic acids is 1. The Labute approximate surface area is 116 Å². The monoisotopic (exact) mass is 284 g/mol. The maximum atomic E-state index is 11.1. The van der Waals surface area contributed by atoms with Crippen LogP contribution in [-0.4, -0.2) is 33.3 Å². The number of carboxylic acid groups (broad SMARTS) is 1. The van der Waals surface area contributed by atoms with Crippen molar-refractivity contribution in [1.82, 2.24) is 4.98 Å². The van der Waals surface area contributed by atoms with Crippen LogP contribution in [0.15, 0.2) is 12.1 Å². The highest BCUT2D eigenvalue weighted by Crippen LogP contribution is 2.24. The molecule has 1 aromatic rings. The Bertz CT molecular complexity index is 467. The molecule has 0 aromatic carbocycles. The fourth-order valence-corrected chi connectivity index (χ4v) is 2.50. The number of hydrogen-bond acceptors (Lipinski definition) is 4. The van der Waals surface area contributed by atoms with Crippen molar-refractivity contribution >= 4 is 23.4 Å². The molecule has 0 spiro atoms. The maximum Gasteiger partial charge on any atom is 0.339 e. The molecule has 1 saturated carbocycles. The Kier molecular flexibility index (Phi) is 4.61. The van der Waals surface area contributed by atoms with Crippen LogP contribution < -0.4 is 5.32 Å². The van der Waals surface area contributed by atoms with E-state index in [0.29, 0.717) is 0 Å². The number of halogens is 1. The molecular weight excluding hydrogens is 268 g/mol. The Morgan fingerprint density at radius 2 is 2.05 bits per heavy atom. The number of aromatic carboxylic acids is 1. The fourth-order valence-electron chi connectivity index (χ4n) is 2.35. The molecule has 5 nitrogen and oxygen atoms in total. The van der Waals surface area contributed by atoms with Crippen LogP contribution in [0.2, 0.25) is 5.15 Å². The first kappa shape index (κ1) is 14.1. The Hall–Kier alpha value is -1.33. The Morgan fingerprint density at radius 3 is 2.79 bits per heavy atom. The first-order chi connectivity index (χ1) is 9.08.